The van der Waals surface area contributed by atoms with Crippen LogP contribution in [0.2, 0.25) is 0 Å². The molecule has 0 aliphatic heterocycles. The summed E-state index contributed by atoms with van der Waals surface area (Å²) in [5.74, 6) is 0. The van der Waals surface area contributed by atoms with Crippen LogP contribution >= 0.6 is 11.8 Å². The van der Waals surface area contributed by atoms with E-state index in [0.29, 0.717) is 5.56 Å². The van der Waals surface area contributed by atoms with Crippen molar-refractivity contribution < 1.29 is 0 Å². The summed E-state index contributed by atoms with van der Waals surface area (Å²) in [6.45, 7) is 6.69. The molecule has 0 aromatic carbocycles. The molecule has 1 aromatic heterocycles. The molecule has 3 nitrogen and oxygen atoms in total. The average Bonchev–Trinajstić information content (AvgIpc) is 2.34. The largest absolute Gasteiger partial charge is 0.320 e. The van der Waals surface area contributed by atoms with Gasteiger partial charge in [-0.3, -0.25) is 0 Å². The van der Waals surface area contributed by atoms with Crippen LogP contribution < -0.4 is 5.32 Å². The van der Waals surface area contributed by atoms with Crippen molar-refractivity contribution in [3.63, 3.8) is 0 Å². The zero-order valence-corrected chi connectivity index (χ0v) is 11.0. The molecule has 0 spiro atoms. The van der Waals surface area contributed by atoms with Crippen LogP contribution in [0.15, 0.2) is 29.8 Å². The van der Waals surface area contributed by atoms with Gasteiger partial charge in [-0.2, -0.15) is 5.26 Å². The zero-order valence-electron chi connectivity index (χ0n) is 10.2. The average molecular weight is 247 g/mol. The Morgan fingerprint density at radius 1 is 1.65 bits per heavy atom. The highest BCUT2D eigenvalue weighted by atomic mass is 32.2. The molecule has 0 aliphatic rings. The van der Waals surface area contributed by atoms with Crippen molar-refractivity contribution in [1.29, 1.82) is 5.26 Å². The SMILES string of the molecule is C=CC(CCNC)Sc1nc(C)ccc1C#N. The highest BCUT2D eigenvalue weighted by Crippen LogP contribution is 2.27. The Kier molecular flexibility index (Phi) is 5.75. The van der Waals surface area contributed by atoms with E-state index < -0.39 is 0 Å². The first-order valence-electron chi connectivity index (χ1n) is 5.52. The third-order valence-corrected chi connectivity index (χ3v) is 3.59. The Hall–Kier alpha value is -1.31. The molecule has 0 bridgehead atoms. The van der Waals surface area contributed by atoms with Crippen molar-refractivity contribution in [2.24, 2.45) is 0 Å². The molecule has 0 aliphatic carbocycles. The number of hydrogen-bond donors (Lipinski definition) is 1. The zero-order chi connectivity index (χ0) is 12.7. The molecule has 1 unspecified atom stereocenters. The lowest BCUT2D eigenvalue weighted by Gasteiger charge is -2.12. The van der Waals surface area contributed by atoms with Crippen molar-refractivity contribution in [3.8, 4) is 6.07 Å². The molecule has 0 fully saturated rings. The van der Waals surface area contributed by atoms with Gasteiger partial charge >= 0.3 is 0 Å². The van der Waals surface area contributed by atoms with E-state index in [1.54, 1.807) is 11.8 Å². The Balaban J connectivity index is 2.81. The summed E-state index contributed by atoms with van der Waals surface area (Å²) in [5.41, 5.74) is 1.57. The normalized spacial score (nSPS) is 11.8. The van der Waals surface area contributed by atoms with Crippen LogP contribution in [0.25, 0.3) is 0 Å². The molecule has 0 amide bonds. The van der Waals surface area contributed by atoms with Crippen LogP contribution in [0.4, 0.5) is 0 Å². The van der Waals surface area contributed by atoms with E-state index in [1.807, 2.05) is 32.2 Å². The van der Waals surface area contributed by atoms with E-state index >= 15 is 0 Å². The van der Waals surface area contributed by atoms with Crippen molar-refractivity contribution in [2.45, 2.75) is 23.6 Å². The summed E-state index contributed by atoms with van der Waals surface area (Å²) >= 11 is 1.60. The van der Waals surface area contributed by atoms with Crippen LogP contribution in [0.5, 0.6) is 0 Å². The van der Waals surface area contributed by atoms with Gasteiger partial charge in [0.1, 0.15) is 11.1 Å². The molecule has 1 rings (SSSR count). The quantitative estimate of drug-likeness (QED) is 0.620. The minimum atomic E-state index is 0.281. The molecular weight excluding hydrogens is 230 g/mol. The van der Waals surface area contributed by atoms with Gasteiger partial charge in [-0.25, -0.2) is 4.98 Å². The summed E-state index contributed by atoms with van der Waals surface area (Å²) in [6, 6.07) is 5.86. The second kappa shape index (κ2) is 7.10. The van der Waals surface area contributed by atoms with Gasteiger partial charge in [-0.05, 0) is 39.1 Å². The molecular formula is C13H17N3S. The van der Waals surface area contributed by atoms with Gasteiger partial charge in [0, 0.05) is 10.9 Å². The van der Waals surface area contributed by atoms with E-state index in [9.17, 15) is 0 Å². The molecule has 0 radical (unpaired) electrons. The number of thioether (sulfide) groups is 1. The second-order valence-corrected chi connectivity index (χ2v) is 4.93. The van der Waals surface area contributed by atoms with Crippen LogP contribution in [0.3, 0.4) is 0 Å². The molecule has 1 atom stereocenters. The fraction of sp³-hybridized carbons (Fsp3) is 0.385. The van der Waals surface area contributed by atoms with E-state index in [0.717, 1.165) is 23.7 Å². The maximum Gasteiger partial charge on any atom is 0.115 e. The molecule has 4 heteroatoms. The van der Waals surface area contributed by atoms with Gasteiger partial charge in [0.05, 0.1) is 5.56 Å². The Morgan fingerprint density at radius 3 is 3.00 bits per heavy atom. The number of aryl methyl sites for hydroxylation is 1. The lowest BCUT2D eigenvalue weighted by Crippen LogP contribution is -2.13. The lowest BCUT2D eigenvalue weighted by molar-refractivity contribution is 0.743. The minimum absolute atomic E-state index is 0.281. The van der Waals surface area contributed by atoms with Crippen molar-refractivity contribution >= 4 is 11.8 Å². The maximum absolute atomic E-state index is 9.03. The van der Waals surface area contributed by atoms with E-state index in [-0.39, 0.29) is 5.25 Å². The van der Waals surface area contributed by atoms with Crippen molar-refractivity contribution in [1.82, 2.24) is 10.3 Å². The highest BCUT2D eigenvalue weighted by molar-refractivity contribution is 8.00. The molecule has 1 aromatic rings. The first kappa shape index (κ1) is 13.8. The van der Waals surface area contributed by atoms with Crippen molar-refractivity contribution in [3.05, 3.63) is 36.0 Å². The fourth-order valence-electron chi connectivity index (χ4n) is 1.36. The fourth-order valence-corrected chi connectivity index (χ4v) is 2.42. The van der Waals surface area contributed by atoms with Gasteiger partial charge < -0.3 is 5.32 Å². The summed E-state index contributed by atoms with van der Waals surface area (Å²) in [7, 11) is 1.93. The smallest absolute Gasteiger partial charge is 0.115 e. The topological polar surface area (TPSA) is 48.7 Å². The lowest BCUT2D eigenvalue weighted by atomic mass is 10.3. The summed E-state index contributed by atoms with van der Waals surface area (Å²) < 4.78 is 0. The Labute approximate surface area is 107 Å². The molecule has 0 saturated heterocycles. The van der Waals surface area contributed by atoms with Gasteiger partial charge in [0.2, 0.25) is 0 Å². The summed E-state index contributed by atoms with van der Waals surface area (Å²) in [4.78, 5) is 4.41. The Morgan fingerprint density at radius 2 is 2.41 bits per heavy atom. The molecule has 0 saturated carbocycles. The first-order chi connectivity index (χ1) is 8.21. The Bertz CT molecular complexity index is 423. The van der Waals surface area contributed by atoms with Gasteiger partial charge in [0.15, 0.2) is 0 Å². The van der Waals surface area contributed by atoms with Gasteiger partial charge in [-0.1, -0.05) is 17.8 Å². The highest BCUT2D eigenvalue weighted by Gasteiger charge is 2.11. The second-order valence-electron chi connectivity index (χ2n) is 3.70. The van der Waals surface area contributed by atoms with Crippen LogP contribution in [-0.2, 0) is 0 Å². The number of aromatic nitrogens is 1. The molecule has 17 heavy (non-hydrogen) atoms. The molecule has 90 valence electrons. The third kappa shape index (κ3) is 4.22. The summed E-state index contributed by atoms with van der Waals surface area (Å²) in [5, 5.41) is 13.2. The van der Waals surface area contributed by atoms with E-state index in [2.05, 4.69) is 22.9 Å². The monoisotopic (exact) mass is 247 g/mol. The number of rotatable bonds is 6. The van der Waals surface area contributed by atoms with Gasteiger partial charge in [-0.15, -0.1) is 6.58 Å². The first-order valence-corrected chi connectivity index (χ1v) is 6.40. The van der Waals surface area contributed by atoms with Gasteiger partial charge in [0.25, 0.3) is 0 Å². The van der Waals surface area contributed by atoms with Crippen molar-refractivity contribution in [2.75, 3.05) is 13.6 Å². The summed E-state index contributed by atoms with van der Waals surface area (Å²) in [6.07, 6.45) is 2.89. The van der Waals surface area contributed by atoms with E-state index in [4.69, 9.17) is 5.26 Å². The standard InChI is InChI=1S/C13H17N3S/c1-4-12(7-8-15-3)17-13-11(9-14)6-5-10(2)16-13/h4-6,12,15H,1,7-8H2,2-3H3. The number of nitrogens with one attached hydrogen (secondary N) is 1. The number of hydrogen-bond acceptors (Lipinski definition) is 4. The number of nitrogens with zero attached hydrogens (tertiary/aromatic N) is 2. The van der Waals surface area contributed by atoms with Crippen LogP contribution in [-0.4, -0.2) is 23.8 Å². The molecule has 1 heterocycles. The maximum atomic E-state index is 9.03. The third-order valence-electron chi connectivity index (χ3n) is 2.32. The minimum Gasteiger partial charge on any atom is -0.320 e. The number of nitriles is 1. The predicted octanol–water partition coefficient (Wildman–Crippen LogP) is 2.52. The van der Waals surface area contributed by atoms with E-state index in [1.165, 1.54) is 0 Å². The van der Waals surface area contributed by atoms with Crippen LogP contribution in [0.1, 0.15) is 17.7 Å². The van der Waals surface area contributed by atoms with Crippen LogP contribution in [0, 0.1) is 18.3 Å². The predicted molar refractivity (Wildman–Crippen MR) is 72.1 cm³/mol. The molecule has 1 N–H and O–H groups in total. The number of pyridine rings is 1.